The van der Waals surface area contributed by atoms with Gasteiger partial charge in [-0.2, -0.15) is 0 Å². The van der Waals surface area contributed by atoms with Crippen LogP contribution >= 0.6 is 0 Å². The third-order valence-corrected chi connectivity index (χ3v) is 3.98. The number of nitrogens with zero attached hydrogens (tertiary/aromatic N) is 1. The lowest BCUT2D eigenvalue weighted by Crippen LogP contribution is -2.46. The van der Waals surface area contributed by atoms with Crippen LogP contribution in [0.2, 0.25) is 0 Å². The predicted octanol–water partition coefficient (Wildman–Crippen LogP) is 3.69. The maximum Gasteiger partial charge on any atom is 0.258 e. The molecule has 3 nitrogen and oxygen atoms in total. The van der Waals surface area contributed by atoms with Crippen molar-refractivity contribution in [2.45, 2.75) is 12.5 Å². The van der Waals surface area contributed by atoms with Crippen molar-refractivity contribution in [3.05, 3.63) is 60.2 Å². The average molecular weight is 318 g/mol. The summed E-state index contributed by atoms with van der Waals surface area (Å²) in [7, 11) is 0. The number of piperazine rings is 1. The number of benzene rings is 2. The molecule has 0 unspecified atom stereocenters. The highest BCUT2D eigenvalue weighted by molar-refractivity contribution is 5.34. The normalized spacial score (nSPS) is 17.2. The van der Waals surface area contributed by atoms with Gasteiger partial charge in [-0.05, 0) is 29.8 Å². The molecule has 1 aliphatic rings. The second-order valence-electron chi connectivity index (χ2n) is 5.55. The van der Waals surface area contributed by atoms with Gasteiger partial charge in [0.2, 0.25) is 0 Å². The van der Waals surface area contributed by atoms with Crippen LogP contribution in [0.15, 0.2) is 54.6 Å². The van der Waals surface area contributed by atoms with Crippen LogP contribution in [0, 0.1) is 0 Å². The van der Waals surface area contributed by atoms with Crippen molar-refractivity contribution < 1.29 is 13.5 Å². The minimum absolute atomic E-state index is 0.627. The number of hydrogen-bond donors (Lipinski definition) is 1. The van der Waals surface area contributed by atoms with E-state index in [-0.39, 0.29) is 0 Å². The maximum absolute atomic E-state index is 13.5. The summed E-state index contributed by atoms with van der Waals surface area (Å²) in [6, 6.07) is 15.5. The van der Waals surface area contributed by atoms with E-state index < -0.39 is 12.5 Å². The summed E-state index contributed by atoms with van der Waals surface area (Å²) >= 11 is 0. The van der Waals surface area contributed by atoms with Gasteiger partial charge in [-0.25, -0.2) is 8.78 Å². The molecular weight excluding hydrogens is 298 g/mol. The molecule has 2 aromatic carbocycles. The second kappa shape index (κ2) is 7.53. The van der Waals surface area contributed by atoms with Gasteiger partial charge in [0.15, 0.2) is 0 Å². The van der Waals surface area contributed by atoms with E-state index in [1.165, 1.54) is 0 Å². The Kier molecular flexibility index (Phi) is 5.20. The van der Waals surface area contributed by atoms with Crippen molar-refractivity contribution in [3.8, 4) is 11.5 Å². The van der Waals surface area contributed by atoms with E-state index in [4.69, 9.17) is 4.74 Å². The summed E-state index contributed by atoms with van der Waals surface area (Å²) in [6.07, 6.45) is -2.41. The van der Waals surface area contributed by atoms with Crippen molar-refractivity contribution >= 4 is 0 Å². The molecule has 0 aliphatic carbocycles. The van der Waals surface area contributed by atoms with Crippen molar-refractivity contribution in [1.29, 1.82) is 0 Å². The van der Waals surface area contributed by atoms with Crippen molar-refractivity contribution in [2.75, 3.05) is 26.2 Å². The Hall–Kier alpha value is -1.98. The van der Waals surface area contributed by atoms with Crippen LogP contribution in [-0.2, 0) is 0 Å². The molecule has 0 bridgehead atoms. The summed E-state index contributed by atoms with van der Waals surface area (Å²) in [6.45, 7) is 2.77. The summed E-state index contributed by atoms with van der Waals surface area (Å²) < 4.78 is 32.8. The smallest absolute Gasteiger partial charge is 0.258 e. The number of nitrogens with one attached hydrogen (secondary N) is 1. The Morgan fingerprint density at radius 2 is 1.48 bits per heavy atom. The molecule has 0 aromatic heterocycles. The van der Waals surface area contributed by atoms with E-state index in [1.54, 1.807) is 24.3 Å². The quantitative estimate of drug-likeness (QED) is 0.910. The summed E-state index contributed by atoms with van der Waals surface area (Å²) in [5.41, 5.74) is 0.627. The van der Waals surface area contributed by atoms with Crippen LogP contribution in [0.3, 0.4) is 0 Å². The predicted molar refractivity (Wildman–Crippen MR) is 86.1 cm³/mol. The largest absolute Gasteiger partial charge is 0.457 e. The second-order valence-corrected chi connectivity index (χ2v) is 5.55. The number of hydrogen-bond acceptors (Lipinski definition) is 3. The molecule has 1 aliphatic heterocycles. The standard InChI is InChI=1S/C18H20F2N2O/c19-18(20)17(22-12-10-21-11-13-22)14-6-8-16(9-7-14)23-15-4-2-1-3-5-15/h1-9,17-18,21H,10-13H2/t17-/m1/s1. The van der Waals surface area contributed by atoms with E-state index in [0.29, 0.717) is 24.4 Å². The zero-order valence-corrected chi connectivity index (χ0v) is 12.8. The van der Waals surface area contributed by atoms with Crippen molar-refractivity contribution in [3.63, 3.8) is 0 Å². The average Bonchev–Trinajstić information content (AvgIpc) is 2.58. The SMILES string of the molecule is FC(F)[C@@H](c1ccc(Oc2ccccc2)cc1)N1CCNCC1. The van der Waals surface area contributed by atoms with Gasteiger partial charge in [0.1, 0.15) is 11.5 Å². The lowest BCUT2D eigenvalue weighted by molar-refractivity contribution is 0.0181. The van der Waals surface area contributed by atoms with Crippen LogP contribution < -0.4 is 10.1 Å². The summed E-state index contributed by atoms with van der Waals surface area (Å²) in [5.74, 6) is 1.38. The van der Waals surface area contributed by atoms with Gasteiger partial charge in [-0.1, -0.05) is 30.3 Å². The number of para-hydroxylation sites is 1. The molecule has 1 heterocycles. The van der Waals surface area contributed by atoms with E-state index in [0.717, 1.165) is 18.8 Å². The van der Waals surface area contributed by atoms with Crippen molar-refractivity contribution in [1.82, 2.24) is 10.2 Å². The van der Waals surface area contributed by atoms with Crippen LogP contribution in [-0.4, -0.2) is 37.5 Å². The third kappa shape index (κ3) is 4.06. The van der Waals surface area contributed by atoms with E-state index in [2.05, 4.69) is 5.32 Å². The molecule has 0 saturated carbocycles. The first kappa shape index (κ1) is 15.9. The van der Waals surface area contributed by atoms with Gasteiger partial charge in [-0.15, -0.1) is 0 Å². The fourth-order valence-corrected chi connectivity index (χ4v) is 2.83. The summed E-state index contributed by atoms with van der Waals surface area (Å²) in [5, 5.41) is 3.19. The molecule has 1 saturated heterocycles. The molecule has 23 heavy (non-hydrogen) atoms. The first-order valence-corrected chi connectivity index (χ1v) is 7.80. The number of rotatable bonds is 5. The van der Waals surface area contributed by atoms with Crippen LogP contribution in [0.5, 0.6) is 11.5 Å². The first-order valence-electron chi connectivity index (χ1n) is 7.80. The molecule has 122 valence electrons. The van der Waals surface area contributed by atoms with Crippen LogP contribution in [0.25, 0.3) is 0 Å². The van der Waals surface area contributed by atoms with E-state index in [9.17, 15) is 8.78 Å². The number of halogens is 2. The van der Waals surface area contributed by atoms with E-state index in [1.807, 2.05) is 35.2 Å². The topological polar surface area (TPSA) is 24.5 Å². The molecule has 1 fully saturated rings. The lowest BCUT2D eigenvalue weighted by Gasteiger charge is -2.34. The van der Waals surface area contributed by atoms with E-state index >= 15 is 0 Å². The third-order valence-electron chi connectivity index (χ3n) is 3.98. The maximum atomic E-state index is 13.5. The van der Waals surface area contributed by atoms with Gasteiger partial charge in [0.25, 0.3) is 6.43 Å². The Morgan fingerprint density at radius 3 is 2.09 bits per heavy atom. The fraction of sp³-hybridized carbons (Fsp3) is 0.333. The first-order chi connectivity index (χ1) is 11.2. The Morgan fingerprint density at radius 1 is 0.870 bits per heavy atom. The molecule has 2 aromatic rings. The Bertz CT molecular complexity index is 598. The zero-order valence-electron chi connectivity index (χ0n) is 12.8. The van der Waals surface area contributed by atoms with Gasteiger partial charge in [-0.3, -0.25) is 4.90 Å². The van der Waals surface area contributed by atoms with Gasteiger partial charge in [0.05, 0.1) is 6.04 Å². The van der Waals surface area contributed by atoms with Gasteiger partial charge < -0.3 is 10.1 Å². The zero-order chi connectivity index (χ0) is 16.1. The molecule has 5 heteroatoms. The molecule has 3 rings (SSSR count). The van der Waals surface area contributed by atoms with Crippen molar-refractivity contribution in [2.24, 2.45) is 0 Å². The molecule has 0 spiro atoms. The molecule has 0 radical (unpaired) electrons. The van der Waals surface area contributed by atoms with Gasteiger partial charge >= 0.3 is 0 Å². The Balaban J connectivity index is 1.73. The number of alkyl halides is 2. The highest BCUT2D eigenvalue weighted by Gasteiger charge is 2.29. The minimum Gasteiger partial charge on any atom is -0.457 e. The molecule has 0 amide bonds. The highest BCUT2D eigenvalue weighted by Crippen LogP contribution is 2.30. The molecule has 1 atom stereocenters. The van der Waals surface area contributed by atoms with Gasteiger partial charge in [0, 0.05) is 26.2 Å². The van der Waals surface area contributed by atoms with Crippen LogP contribution in [0.4, 0.5) is 8.78 Å². The summed E-state index contributed by atoms with van der Waals surface area (Å²) in [4.78, 5) is 1.84. The Labute approximate surface area is 134 Å². The monoisotopic (exact) mass is 318 g/mol. The lowest BCUT2D eigenvalue weighted by atomic mass is 10.0. The molecule has 1 N–H and O–H groups in total. The minimum atomic E-state index is -2.41. The fourth-order valence-electron chi connectivity index (χ4n) is 2.83. The number of ether oxygens (including phenoxy) is 1. The highest BCUT2D eigenvalue weighted by atomic mass is 19.3. The molecular formula is C18H20F2N2O. The van der Waals surface area contributed by atoms with Crippen LogP contribution in [0.1, 0.15) is 11.6 Å².